The summed E-state index contributed by atoms with van der Waals surface area (Å²) in [7, 11) is 0. The van der Waals surface area contributed by atoms with Gasteiger partial charge in [0.15, 0.2) is 0 Å². The summed E-state index contributed by atoms with van der Waals surface area (Å²) < 4.78 is 5.81. The minimum Gasteiger partial charge on any atom is -0.492 e. The molecule has 0 unspecified atom stereocenters. The number of nitrogens with zero attached hydrogens (tertiary/aromatic N) is 2. The van der Waals surface area contributed by atoms with Gasteiger partial charge >= 0.3 is 6.03 Å². The van der Waals surface area contributed by atoms with Crippen LogP contribution in [0.3, 0.4) is 0 Å². The van der Waals surface area contributed by atoms with Gasteiger partial charge in [0.05, 0.1) is 6.67 Å². The lowest BCUT2D eigenvalue weighted by Gasteiger charge is -2.35. The van der Waals surface area contributed by atoms with Crippen LogP contribution in [0.4, 0.5) is 4.79 Å². The average Bonchev–Trinajstić information content (AvgIpc) is 2.92. The molecule has 2 aromatic rings. The quantitative estimate of drug-likeness (QED) is 0.794. The molecule has 2 heterocycles. The predicted octanol–water partition coefficient (Wildman–Crippen LogP) is 3.49. The Morgan fingerprint density at radius 3 is 2.53 bits per heavy atom. The molecule has 0 atom stereocenters. The molecular weight excluding hydrogens is 378 g/mol. The van der Waals surface area contributed by atoms with Crippen LogP contribution in [0.5, 0.6) is 5.75 Å². The van der Waals surface area contributed by atoms with Crippen molar-refractivity contribution in [2.24, 2.45) is 0 Å². The molecule has 2 aliphatic heterocycles. The van der Waals surface area contributed by atoms with E-state index in [4.69, 9.17) is 4.74 Å². The molecule has 0 bridgehead atoms. The van der Waals surface area contributed by atoms with Crippen molar-refractivity contribution in [3.8, 4) is 5.75 Å². The fourth-order valence-electron chi connectivity index (χ4n) is 5.01. The zero-order chi connectivity index (χ0) is 20.6. The number of imide groups is 1. The molecule has 2 fully saturated rings. The Morgan fingerprint density at radius 1 is 1.00 bits per heavy atom. The Labute approximate surface area is 176 Å². The molecule has 1 saturated carbocycles. The van der Waals surface area contributed by atoms with Gasteiger partial charge in [-0.1, -0.05) is 48.5 Å². The molecule has 30 heavy (non-hydrogen) atoms. The Hall–Kier alpha value is -2.86. The van der Waals surface area contributed by atoms with Gasteiger partial charge in [0, 0.05) is 18.7 Å². The summed E-state index contributed by atoms with van der Waals surface area (Å²) in [5.41, 5.74) is 1.67. The number of urea groups is 1. The Morgan fingerprint density at radius 2 is 1.73 bits per heavy atom. The third-order valence-corrected chi connectivity index (χ3v) is 6.73. The van der Waals surface area contributed by atoms with Crippen molar-refractivity contribution in [2.45, 2.75) is 43.7 Å². The van der Waals surface area contributed by atoms with Crippen molar-refractivity contribution in [1.29, 1.82) is 0 Å². The zero-order valence-electron chi connectivity index (χ0n) is 17.0. The predicted molar refractivity (Wildman–Crippen MR) is 113 cm³/mol. The van der Waals surface area contributed by atoms with Gasteiger partial charge in [0.1, 0.15) is 17.9 Å². The fourth-order valence-corrected chi connectivity index (χ4v) is 5.01. The van der Waals surface area contributed by atoms with Crippen molar-refractivity contribution in [2.75, 3.05) is 19.8 Å². The normalized spacial score (nSPS) is 26.8. The topological polar surface area (TPSA) is 61.9 Å². The first-order valence-corrected chi connectivity index (χ1v) is 10.8. The summed E-state index contributed by atoms with van der Waals surface area (Å²) >= 11 is 0. The van der Waals surface area contributed by atoms with Gasteiger partial charge in [-0.15, -0.1) is 0 Å². The molecular formula is C24H27N3O3. The van der Waals surface area contributed by atoms with Crippen molar-refractivity contribution in [3.05, 3.63) is 65.7 Å². The van der Waals surface area contributed by atoms with E-state index in [1.807, 2.05) is 30.3 Å². The van der Waals surface area contributed by atoms with Crippen molar-refractivity contribution in [3.63, 3.8) is 0 Å². The van der Waals surface area contributed by atoms with E-state index in [9.17, 15) is 9.59 Å². The van der Waals surface area contributed by atoms with Gasteiger partial charge < -0.3 is 10.1 Å². The lowest BCUT2D eigenvalue weighted by molar-refractivity contribution is -0.134. The van der Waals surface area contributed by atoms with Gasteiger partial charge in [-0.05, 0) is 43.2 Å². The first-order chi connectivity index (χ1) is 14.6. The SMILES string of the molecule is O=C1NC2(CCC(c3ccccc3)CC2)C(=O)N1CN1CCOc2ccccc2C1. The molecule has 1 saturated heterocycles. The van der Waals surface area contributed by atoms with Crippen LogP contribution >= 0.6 is 0 Å². The van der Waals surface area contributed by atoms with Crippen LogP contribution in [0, 0.1) is 0 Å². The van der Waals surface area contributed by atoms with Crippen LogP contribution in [0.1, 0.15) is 42.7 Å². The molecule has 2 aromatic carbocycles. The van der Waals surface area contributed by atoms with Crippen molar-refractivity contribution in [1.82, 2.24) is 15.1 Å². The van der Waals surface area contributed by atoms with Crippen molar-refractivity contribution >= 4 is 11.9 Å². The number of rotatable bonds is 3. The second-order valence-corrected chi connectivity index (χ2v) is 8.58. The minimum atomic E-state index is -0.734. The van der Waals surface area contributed by atoms with Crippen LogP contribution in [-0.4, -0.2) is 47.1 Å². The molecule has 156 valence electrons. The summed E-state index contributed by atoms with van der Waals surface area (Å²) in [5.74, 6) is 1.26. The number of ether oxygens (including phenoxy) is 1. The van der Waals surface area contributed by atoms with E-state index < -0.39 is 5.54 Å². The summed E-state index contributed by atoms with van der Waals surface area (Å²) in [4.78, 5) is 29.6. The third kappa shape index (κ3) is 3.45. The number of amides is 3. The van der Waals surface area contributed by atoms with Crippen LogP contribution in [0.2, 0.25) is 0 Å². The smallest absolute Gasteiger partial charge is 0.326 e. The van der Waals surface area contributed by atoms with Crippen molar-refractivity contribution < 1.29 is 14.3 Å². The first kappa shape index (κ1) is 19.1. The van der Waals surface area contributed by atoms with Crippen LogP contribution < -0.4 is 10.1 Å². The van der Waals surface area contributed by atoms with E-state index in [-0.39, 0.29) is 11.9 Å². The standard InChI is InChI=1S/C24H27N3O3/c28-22-24(12-10-19(11-13-24)18-6-2-1-3-7-18)25-23(29)27(22)17-26-14-15-30-21-9-5-4-8-20(21)16-26/h1-9,19H,10-17H2,(H,25,29). The van der Waals surface area contributed by atoms with Gasteiger partial charge in [0.2, 0.25) is 0 Å². The number of hydrogen-bond acceptors (Lipinski definition) is 4. The minimum absolute atomic E-state index is 0.0718. The Kier molecular flexibility index (Phi) is 4.95. The highest BCUT2D eigenvalue weighted by Gasteiger charge is 2.52. The van der Waals surface area contributed by atoms with Gasteiger partial charge in [0.25, 0.3) is 5.91 Å². The van der Waals surface area contributed by atoms with E-state index in [1.54, 1.807) is 0 Å². The van der Waals surface area contributed by atoms with Crippen LogP contribution in [0.15, 0.2) is 54.6 Å². The molecule has 3 amide bonds. The molecule has 1 aliphatic carbocycles. The highest BCUT2D eigenvalue weighted by Crippen LogP contribution is 2.41. The number of para-hydroxylation sites is 1. The monoisotopic (exact) mass is 405 g/mol. The highest BCUT2D eigenvalue weighted by atomic mass is 16.5. The fraction of sp³-hybridized carbons (Fsp3) is 0.417. The number of carbonyl (C=O) groups excluding carboxylic acids is 2. The number of hydrogen-bond donors (Lipinski definition) is 1. The first-order valence-electron chi connectivity index (χ1n) is 10.8. The number of fused-ring (bicyclic) bond motifs is 1. The number of benzene rings is 2. The Balaban J connectivity index is 1.26. The molecule has 6 nitrogen and oxygen atoms in total. The number of nitrogens with one attached hydrogen (secondary N) is 1. The van der Waals surface area contributed by atoms with E-state index in [2.05, 4.69) is 34.5 Å². The molecule has 5 rings (SSSR count). The maximum atomic E-state index is 13.3. The molecule has 6 heteroatoms. The van der Waals surface area contributed by atoms with Gasteiger partial charge in [-0.2, -0.15) is 0 Å². The number of carbonyl (C=O) groups is 2. The molecule has 0 aromatic heterocycles. The van der Waals surface area contributed by atoms with Crippen LogP contribution in [0.25, 0.3) is 0 Å². The largest absolute Gasteiger partial charge is 0.492 e. The lowest BCUT2D eigenvalue weighted by atomic mass is 9.74. The maximum Gasteiger partial charge on any atom is 0.326 e. The Bertz CT molecular complexity index is 938. The summed E-state index contributed by atoms with van der Waals surface area (Å²) in [5, 5.41) is 3.04. The second kappa shape index (κ2) is 7.76. The van der Waals surface area contributed by atoms with Crippen LogP contribution in [-0.2, 0) is 11.3 Å². The molecule has 3 aliphatic rings. The van der Waals surface area contributed by atoms with E-state index in [0.29, 0.717) is 45.1 Å². The van der Waals surface area contributed by atoms with E-state index >= 15 is 0 Å². The zero-order valence-corrected chi connectivity index (χ0v) is 17.0. The maximum absolute atomic E-state index is 13.3. The highest BCUT2D eigenvalue weighted by molar-refractivity contribution is 6.07. The summed E-state index contributed by atoms with van der Waals surface area (Å²) in [6.07, 6.45) is 3.21. The van der Waals surface area contributed by atoms with Gasteiger partial charge in [-0.25, -0.2) is 9.69 Å². The average molecular weight is 405 g/mol. The van der Waals surface area contributed by atoms with Gasteiger partial charge in [-0.3, -0.25) is 9.69 Å². The summed E-state index contributed by atoms with van der Waals surface area (Å²) in [6.45, 7) is 2.18. The lowest BCUT2D eigenvalue weighted by Crippen LogP contribution is -2.50. The van der Waals surface area contributed by atoms with E-state index in [1.165, 1.54) is 10.5 Å². The third-order valence-electron chi connectivity index (χ3n) is 6.73. The van der Waals surface area contributed by atoms with E-state index in [0.717, 1.165) is 24.2 Å². The second-order valence-electron chi connectivity index (χ2n) is 8.58. The summed E-state index contributed by atoms with van der Waals surface area (Å²) in [6, 6.07) is 18.1. The molecule has 1 N–H and O–H groups in total. The molecule has 1 spiro atoms. The molecule has 0 radical (unpaired) electrons.